The van der Waals surface area contributed by atoms with Gasteiger partial charge in [0.2, 0.25) is 0 Å². The van der Waals surface area contributed by atoms with E-state index in [0.717, 1.165) is 0 Å². The first-order chi connectivity index (χ1) is 7.69. The fourth-order valence-corrected chi connectivity index (χ4v) is 0.802. The van der Waals surface area contributed by atoms with Crippen LogP contribution in [0.5, 0.6) is 0 Å². The maximum absolute atomic E-state index is 12.3. The van der Waals surface area contributed by atoms with Crippen molar-refractivity contribution in [1.29, 1.82) is 0 Å². The molecular weight excluding hydrogens is 283 g/mol. The van der Waals surface area contributed by atoms with Gasteiger partial charge in [-0.3, -0.25) is 0 Å². The van der Waals surface area contributed by atoms with Crippen LogP contribution in [0.2, 0.25) is 0 Å². The van der Waals surface area contributed by atoms with Crippen molar-refractivity contribution < 1.29 is 44.3 Å². The SMILES string of the molecule is C=CC(OC(=C)C(F)(F)F)(C(F)(F)F)C(F)(F)F. The number of allylic oxidation sites excluding steroid dienone is 1. The summed E-state index contributed by atoms with van der Waals surface area (Å²) in [6.45, 7) is 4.22. The lowest BCUT2D eigenvalue weighted by atomic mass is 10.0. The van der Waals surface area contributed by atoms with Crippen molar-refractivity contribution in [3.8, 4) is 0 Å². The number of hydrogen-bond donors (Lipinski definition) is 0. The molecule has 0 bridgehead atoms. The molecule has 106 valence electrons. The molecule has 10 heteroatoms. The third kappa shape index (κ3) is 2.91. The van der Waals surface area contributed by atoms with E-state index in [2.05, 4.69) is 11.3 Å². The number of alkyl halides is 9. The predicted octanol–water partition coefficient (Wildman–Crippen LogP) is 4.13. The Morgan fingerprint density at radius 2 is 1.17 bits per heavy atom. The largest absolute Gasteiger partial charge is 0.460 e. The van der Waals surface area contributed by atoms with E-state index in [0.29, 0.717) is 0 Å². The molecule has 0 aromatic carbocycles. The Morgan fingerprint density at radius 1 is 0.833 bits per heavy atom. The highest BCUT2D eigenvalue weighted by molar-refractivity contribution is 5.12. The van der Waals surface area contributed by atoms with Gasteiger partial charge in [-0.05, 0) is 6.08 Å². The van der Waals surface area contributed by atoms with Crippen LogP contribution in [0.3, 0.4) is 0 Å². The Kier molecular flexibility index (Phi) is 4.06. The van der Waals surface area contributed by atoms with Gasteiger partial charge >= 0.3 is 24.1 Å². The normalized spacial score (nSPS) is 14.3. The molecule has 0 fully saturated rings. The van der Waals surface area contributed by atoms with Crippen LogP contribution in [0.25, 0.3) is 0 Å². The predicted molar refractivity (Wildman–Crippen MR) is 41.3 cm³/mol. The molecule has 0 unspecified atom stereocenters. The van der Waals surface area contributed by atoms with E-state index in [9.17, 15) is 39.5 Å². The Hall–Kier alpha value is -1.35. The Morgan fingerprint density at radius 3 is 1.33 bits per heavy atom. The third-order valence-electron chi connectivity index (χ3n) is 1.73. The molecule has 1 nitrogen and oxygen atoms in total. The van der Waals surface area contributed by atoms with Crippen LogP contribution in [0.1, 0.15) is 0 Å². The van der Waals surface area contributed by atoms with Crippen molar-refractivity contribution in [1.82, 2.24) is 0 Å². The summed E-state index contributed by atoms with van der Waals surface area (Å²) >= 11 is 0. The van der Waals surface area contributed by atoms with Gasteiger partial charge < -0.3 is 4.74 Å². The van der Waals surface area contributed by atoms with Crippen molar-refractivity contribution in [2.24, 2.45) is 0 Å². The second-order valence-electron chi connectivity index (χ2n) is 2.96. The fourth-order valence-electron chi connectivity index (χ4n) is 0.802. The maximum Gasteiger partial charge on any atom is 0.448 e. The molecule has 0 rings (SSSR count). The van der Waals surface area contributed by atoms with Crippen LogP contribution in [-0.4, -0.2) is 24.1 Å². The van der Waals surface area contributed by atoms with Crippen LogP contribution < -0.4 is 0 Å². The summed E-state index contributed by atoms with van der Waals surface area (Å²) in [4.78, 5) is 0. The van der Waals surface area contributed by atoms with E-state index in [-0.39, 0.29) is 0 Å². The number of ether oxygens (including phenoxy) is 1. The molecule has 0 aromatic rings. The number of hydrogen-bond acceptors (Lipinski definition) is 1. The lowest BCUT2D eigenvalue weighted by Crippen LogP contribution is -2.57. The molecule has 0 amide bonds. The zero-order valence-corrected chi connectivity index (χ0v) is 8.30. The highest BCUT2D eigenvalue weighted by atomic mass is 19.4. The summed E-state index contributed by atoms with van der Waals surface area (Å²) in [5, 5.41) is 0. The van der Waals surface area contributed by atoms with Crippen molar-refractivity contribution >= 4 is 0 Å². The monoisotopic (exact) mass is 288 g/mol. The molecule has 0 N–H and O–H groups in total. The van der Waals surface area contributed by atoms with Crippen LogP contribution in [0, 0.1) is 0 Å². The second kappa shape index (κ2) is 4.39. The zero-order valence-electron chi connectivity index (χ0n) is 8.30. The van der Waals surface area contributed by atoms with Crippen molar-refractivity contribution in [2.45, 2.75) is 24.1 Å². The third-order valence-corrected chi connectivity index (χ3v) is 1.73. The first kappa shape index (κ1) is 16.6. The molecule has 0 heterocycles. The Bertz CT molecular complexity index is 318. The van der Waals surface area contributed by atoms with Crippen molar-refractivity contribution in [3.63, 3.8) is 0 Å². The van der Waals surface area contributed by atoms with Gasteiger partial charge in [0, 0.05) is 0 Å². The molecule has 0 atom stereocenters. The molecular formula is C8H5F9O. The van der Waals surface area contributed by atoms with Gasteiger partial charge in [0.1, 0.15) is 0 Å². The van der Waals surface area contributed by atoms with Crippen LogP contribution >= 0.6 is 0 Å². The molecule has 0 radical (unpaired) electrons. The van der Waals surface area contributed by atoms with Gasteiger partial charge in [-0.1, -0.05) is 13.2 Å². The lowest BCUT2D eigenvalue weighted by Gasteiger charge is -2.35. The fraction of sp³-hybridized carbons (Fsp3) is 0.500. The highest BCUT2D eigenvalue weighted by Crippen LogP contribution is 2.49. The molecule has 0 aliphatic heterocycles. The minimum Gasteiger partial charge on any atom is -0.460 e. The standard InChI is InChI=1S/C8H5F9O/c1-3-5(7(12,13)14,8(15,16)17)18-4(2)6(9,10)11/h3H,1-2H2. The summed E-state index contributed by atoms with van der Waals surface area (Å²) in [7, 11) is 0. The van der Waals surface area contributed by atoms with E-state index in [1.807, 2.05) is 6.58 Å². The van der Waals surface area contributed by atoms with Crippen LogP contribution in [-0.2, 0) is 4.74 Å². The Labute approximate surface area is 94.5 Å². The summed E-state index contributed by atoms with van der Waals surface area (Å²) in [5.74, 6) is -2.63. The second-order valence-corrected chi connectivity index (χ2v) is 2.96. The quantitative estimate of drug-likeness (QED) is 0.431. The summed E-state index contributed by atoms with van der Waals surface area (Å²) in [5.41, 5.74) is -5.16. The Balaban J connectivity index is 5.67. The van der Waals surface area contributed by atoms with Crippen LogP contribution in [0.15, 0.2) is 25.0 Å². The first-order valence-electron chi connectivity index (χ1n) is 3.91. The van der Waals surface area contributed by atoms with Gasteiger partial charge in [-0.2, -0.15) is 39.5 Å². The number of halogens is 9. The molecule has 0 spiro atoms. The summed E-state index contributed by atoms with van der Waals surface area (Å²) < 4.78 is 112. The molecule has 0 saturated carbocycles. The van der Waals surface area contributed by atoms with E-state index < -0.39 is 36.0 Å². The van der Waals surface area contributed by atoms with E-state index in [4.69, 9.17) is 0 Å². The van der Waals surface area contributed by atoms with E-state index in [1.165, 1.54) is 0 Å². The van der Waals surface area contributed by atoms with E-state index in [1.54, 1.807) is 0 Å². The minimum absolute atomic E-state index is 0.802. The smallest absolute Gasteiger partial charge is 0.448 e. The molecule has 0 aromatic heterocycles. The van der Waals surface area contributed by atoms with Gasteiger partial charge in [0.15, 0.2) is 5.76 Å². The minimum atomic E-state index is -6.18. The molecule has 18 heavy (non-hydrogen) atoms. The number of rotatable bonds is 3. The van der Waals surface area contributed by atoms with Crippen molar-refractivity contribution in [2.75, 3.05) is 0 Å². The van der Waals surface area contributed by atoms with Gasteiger partial charge in [-0.15, -0.1) is 0 Å². The lowest BCUT2D eigenvalue weighted by molar-refractivity contribution is -0.359. The zero-order chi connectivity index (χ0) is 15.0. The highest BCUT2D eigenvalue weighted by Gasteiger charge is 2.73. The molecule has 0 aliphatic carbocycles. The summed E-state index contributed by atoms with van der Waals surface area (Å²) in [6.07, 6.45) is -18.7. The average molecular weight is 288 g/mol. The van der Waals surface area contributed by atoms with Crippen LogP contribution in [0.4, 0.5) is 39.5 Å². The van der Waals surface area contributed by atoms with Gasteiger partial charge in [-0.25, -0.2) is 0 Å². The first-order valence-corrected chi connectivity index (χ1v) is 3.91. The van der Waals surface area contributed by atoms with E-state index >= 15 is 0 Å². The van der Waals surface area contributed by atoms with Gasteiger partial charge in [0.05, 0.1) is 0 Å². The van der Waals surface area contributed by atoms with Gasteiger partial charge in [0.25, 0.3) is 0 Å². The van der Waals surface area contributed by atoms with Crippen molar-refractivity contribution in [3.05, 3.63) is 25.0 Å². The molecule has 0 aliphatic rings. The summed E-state index contributed by atoms with van der Waals surface area (Å²) in [6, 6.07) is 0. The average Bonchev–Trinajstić information content (AvgIpc) is 2.07. The topological polar surface area (TPSA) is 9.23 Å². The molecule has 0 saturated heterocycles. The maximum atomic E-state index is 12.3.